The number of hydrogen-bond acceptors (Lipinski definition) is 7. The summed E-state index contributed by atoms with van der Waals surface area (Å²) in [4.78, 5) is 35.9. The average molecular weight is 450 g/mol. The van der Waals surface area contributed by atoms with E-state index in [9.17, 15) is 14.4 Å². The molecule has 0 radical (unpaired) electrons. The highest BCUT2D eigenvalue weighted by Crippen LogP contribution is 2.36. The van der Waals surface area contributed by atoms with Gasteiger partial charge in [-0.2, -0.15) is 0 Å². The first-order valence-electron chi connectivity index (χ1n) is 10.3. The van der Waals surface area contributed by atoms with Crippen LogP contribution < -0.4 is 15.4 Å². The van der Waals surface area contributed by atoms with E-state index in [1.54, 1.807) is 24.3 Å². The Morgan fingerprint density at radius 3 is 2.64 bits per heavy atom. The van der Waals surface area contributed by atoms with Gasteiger partial charge in [-0.3, -0.25) is 14.4 Å². The lowest BCUT2D eigenvalue weighted by molar-refractivity contribution is -0.147. The van der Waals surface area contributed by atoms with Crippen LogP contribution in [0.2, 0.25) is 0 Å². The number of amides is 2. The van der Waals surface area contributed by atoms with Crippen LogP contribution in [0.5, 0.6) is 5.75 Å². The molecule has 2 aromatic carbocycles. The third-order valence-corrected chi connectivity index (χ3v) is 4.93. The predicted octanol–water partition coefficient (Wildman–Crippen LogP) is 3.88. The molecule has 2 N–H and O–H groups in total. The quantitative estimate of drug-likeness (QED) is 0.293. The van der Waals surface area contributed by atoms with Crippen molar-refractivity contribution in [3.8, 4) is 5.75 Å². The first kappa shape index (κ1) is 21.9. The first-order valence-corrected chi connectivity index (χ1v) is 10.3. The summed E-state index contributed by atoms with van der Waals surface area (Å²) in [5.74, 6) is -0.755. The lowest BCUT2D eigenvalue weighted by Crippen LogP contribution is -2.25. The maximum absolute atomic E-state index is 12.3. The van der Waals surface area contributed by atoms with E-state index in [0.29, 0.717) is 23.4 Å². The third kappa shape index (κ3) is 5.15. The van der Waals surface area contributed by atoms with Crippen LogP contribution in [0.15, 0.2) is 63.6 Å². The zero-order valence-corrected chi connectivity index (χ0v) is 17.9. The second-order valence-corrected chi connectivity index (χ2v) is 7.19. The third-order valence-electron chi connectivity index (χ3n) is 4.93. The first-order chi connectivity index (χ1) is 16.0. The van der Waals surface area contributed by atoms with Crippen LogP contribution in [0.3, 0.4) is 0 Å². The number of anilines is 1. The molecule has 4 aromatic rings. The molecule has 0 fully saturated rings. The van der Waals surface area contributed by atoms with Gasteiger partial charge in [-0.1, -0.05) is 18.2 Å². The fraction of sp³-hybridized carbons (Fsp3) is 0.208. The van der Waals surface area contributed by atoms with E-state index >= 15 is 0 Å². The monoisotopic (exact) mass is 450 g/mol. The average Bonchev–Trinajstić information content (AvgIpc) is 3.48. The van der Waals surface area contributed by atoms with Crippen molar-refractivity contribution < 1.29 is 32.7 Å². The number of rotatable bonds is 9. The Bertz CT molecular complexity index is 1290. The molecule has 0 saturated carbocycles. The van der Waals surface area contributed by atoms with E-state index in [1.807, 2.05) is 24.3 Å². The van der Waals surface area contributed by atoms with Crippen LogP contribution in [-0.2, 0) is 14.3 Å². The minimum atomic E-state index is -0.544. The van der Waals surface area contributed by atoms with E-state index < -0.39 is 18.5 Å². The SMILES string of the molecule is COc1cc2c(cc1NC(=O)COC(=O)CCCNC(=O)c1ccco1)oc1ccccc12. The van der Waals surface area contributed by atoms with E-state index in [1.165, 1.54) is 13.4 Å². The zero-order valence-electron chi connectivity index (χ0n) is 17.9. The largest absolute Gasteiger partial charge is 0.495 e. The van der Waals surface area contributed by atoms with Crippen LogP contribution in [0.4, 0.5) is 5.69 Å². The summed E-state index contributed by atoms with van der Waals surface area (Å²) in [5, 5.41) is 7.12. The van der Waals surface area contributed by atoms with Crippen LogP contribution in [0.25, 0.3) is 21.9 Å². The van der Waals surface area contributed by atoms with Crippen molar-refractivity contribution in [1.82, 2.24) is 5.32 Å². The Kier molecular flexibility index (Phi) is 6.58. The summed E-state index contributed by atoms with van der Waals surface area (Å²) >= 11 is 0. The number of nitrogens with one attached hydrogen (secondary N) is 2. The highest BCUT2D eigenvalue weighted by Gasteiger charge is 2.15. The minimum Gasteiger partial charge on any atom is -0.495 e. The molecule has 4 rings (SSSR count). The molecular weight excluding hydrogens is 428 g/mol. The van der Waals surface area contributed by atoms with Gasteiger partial charge in [0.15, 0.2) is 12.4 Å². The number of carbonyl (C=O) groups is 3. The maximum Gasteiger partial charge on any atom is 0.306 e. The number of fused-ring (bicyclic) bond motifs is 3. The topological polar surface area (TPSA) is 120 Å². The van der Waals surface area contributed by atoms with Gasteiger partial charge in [0.25, 0.3) is 11.8 Å². The second kappa shape index (κ2) is 9.90. The number of hydrogen-bond donors (Lipinski definition) is 2. The van der Waals surface area contributed by atoms with Gasteiger partial charge in [0, 0.05) is 29.8 Å². The molecule has 0 bridgehead atoms. The van der Waals surface area contributed by atoms with Gasteiger partial charge in [0.2, 0.25) is 0 Å². The number of ether oxygens (including phenoxy) is 2. The van der Waals surface area contributed by atoms with Gasteiger partial charge in [-0.15, -0.1) is 0 Å². The molecule has 2 heterocycles. The van der Waals surface area contributed by atoms with Gasteiger partial charge in [-0.05, 0) is 30.7 Å². The minimum absolute atomic E-state index is 0.0555. The van der Waals surface area contributed by atoms with Gasteiger partial charge in [0.05, 0.1) is 19.1 Å². The molecule has 2 aromatic heterocycles. The van der Waals surface area contributed by atoms with Gasteiger partial charge in [-0.25, -0.2) is 0 Å². The number of carbonyl (C=O) groups excluding carboxylic acids is 3. The molecule has 0 atom stereocenters. The fourth-order valence-electron chi connectivity index (χ4n) is 3.35. The number of esters is 1. The van der Waals surface area contributed by atoms with Crippen molar-refractivity contribution in [2.45, 2.75) is 12.8 Å². The standard InChI is InChI=1S/C24H22N2O7/c1-30-21-12-16-15-6-2-3-7-18(15)33-20(16)13-17(21)26-22(27)14-32-23(28)9-4-10-25-24(29)19-8-5-11-31-19/h2-3,5-8,11-13H,4,9-10,14H2,1H3,(H,25,29)(H,26,27). The zero-order chi connectivity index (χ0) is 23.2. The number of benzene rings is 2. The van der Waals surface area contributed by atoms with Crippen molar-refractivity contribution in [3.63, 3.8) is 0 Å². The van der Waals surface area contributed by atoms with Crippen molar-refractivity contribution in [2.75, 3.05) is 25.6 Å². The summed E-state index contributed by atoms with van der Waals surface area (Å²) in [5.41, 5.74) is 1.74. The highest BCUT2D eigenvalue weighted by molar-refractivity contribution is 6.07. The van der Waals surface area contributed by atoms with E-state index in [0.717, 1.165) is 16.4 Å². The summed E-state index contributed by atoms with van der Waals surface area (Å²) in [6, 6.07) is 14.2. The molecule has 0 unspecified atom stereocenters. The van der Waals surface area contributed by atoms with Crippen molar-refractivity contribution in [2.24, 2.45) is 0 Å². The van der Waals surface area contributed by atoms with Crippen LogP contribution in [0, 0.1) is 0 Å². The van der Waals surface area contributed by atoms with Crippen molar-refractivity contribution in [3.05, 3.63) is 60.6 Å². The molecule has 9 heteroatoms. The molecule has 0 spiro atoms. The van der Waals surface area contributed by atoms with Gasteiger partial charge < -0.3 is 28.9 Å². The van der Waals surface area contributed by atoms with E-state index in [-0.39, 0.29) is 24.6 Å². The summed E-state index contributed by atoms with van der Waals surface area (Å²) in [6.45, 7) is -0.172. The van der Waals surface area contributed by atoms with Crippen molar-refractivity contribution >= 4 is 45.4 Å². The highest BCUT2D eigenvalue weighted by atomic mass is 16.5. The van der Waals surface area contributed by atoms with Gasteiger partial charge >= 0.3 is 5.97 Å². The number of para-hydroxylation sites is 1. The van der Waals surface area contributed by atoms with Crippen LogP contribution in [0.1, 0.15) is 23.4 Å². The van der Waals surface area contributed by atoms with E-state index in [2.05, 4.69) is 10.6 Å². The summed E-state index contributed by atoms with van der Waals surface area (Å²) < 4.78 is 21.2. The lowest BCUT2D eigenvalue weighted by atomic mass is 10.1. The Morgan fingerprint density at radius 2 is 1.85 bits per heavy atom. The van der Waals surface area contributed by atoms with Crippen molar-refractivity contribution in [1.29, 1.82) is 0 Å². The fourth-order valence-corrected chi connectivity index (χ4v) is 3.35. The Balaban J connectivity index is 1.27. The normalized spacial score (nSPS) is 10.8. The summed E-state index contributed by atoms with van der Waals surface area (Å²) in [6.07, 6.45) is 1.82. The summed E-state index contributed by atoms with van der Waals surface area (Å²) in [7, 11) is 1.50. The molecule has 33 heavy (non-hydrogen) atoms. The number of methoxy groups -OCH3 is 1. The Labute approximate surface area is 188 Å². The van der Waals surface area contributed by atoms with Gasteiger partial charge in [0.1, 0.15) is 16.9 Å². The molecule has 170 valence electrons. The molecule has 2 amide bonds. The van der Waals surface area contributed by atoms with E-state index in [4.69, 9.17) is 18.3 Å². The molecular formula is C24H22N2O7. The second-order valence-electron chi connectivity index (χ2n) is 7.19. The molecule has 0 aliphatic rings. The predicted molar refractivity (Wildman–Crippen MR) is 120 cm³/mol. The Morgan fingerprint density at radius 1 is 1.00 bits per heavy atom. The molecule has 0 aliphatic heterocycles. The maximum atomic E-state index is 12.3. The number of furan rings is 2. The molecule has 0 aliphatic carbocycles. The Hall–Kier alpha value is -4.27. The van der Waals surface area contributed by atoms with Crippen LogP contribution >= 0.6 is 0 Å². The molecule has 9 nitrogen and oxygen atoms in total. The lowest BCUT2D eigenvalue weighted by Gasteiger charge is -2.11. The van der Waals surface area contributed by atoms with Crippen LogP contribution in [-0.4, -0.2) is 38.0 Å². The molecule has 0 saturated heterocycles. The smallest absolute Gasteiger partial charge is 0.306 e.